The number of terminal acetylenes is 1. The van der Waals surface area contributed by atoms with Crippen LogP contribution in [0.4, 0.5) is 0 Å². The molecule has 0 aliphatic rings. The summed E-state index contributed by atoms with van der Waals surface area (Å²) in [5.41, 5.74) is 4.20. The van der Waals surface area contributed by atoms with Crippen LogP contribution in [0, 0.1) is 36.0 Å². The second-order valence-electron chi connectivity index (χ2n) is 5.90. The van der Waals surface area contributed by atoms with Gasteiger partial charge in [0.15, 0.2) is 0 Å². The molecule has 3 aromatic carbocycles. The minimum atomic E-state index is 0.751. The molecule has 0 radical (unpaired) electrons. The van der Waals surface area contributed by atoms with Gasteiger partial charge in [0, 0.05) is 27.8 Å². The van der Waals surface area contributed by atoms with Crippen molar-refractivity contribution in [3.8, 4) is 47.5 Å². The van der Waals surface area contributed by atoms with Gasteiger partial charge in [-0.25, -0.2) is 0 Å². The largest absolute Gasteiger partial charge is 0.497 e. The highest BCUT2D eigenvalue weighted by Gasteiger charge is 1.97. The lowest BCUT2D eigenvalue weighted by Gasteiger charge is -1.99. The Hall–Kier alpha value is -4.06. The van der Waals surface area contributed by atoms with Crippen molar-refractivity contribution in [1.29, 1.82) is 0 Å². The number of hydrogen-bond acceptors (Lipinski definition) is 2. The second kappa shape index (κ2) is 9.05. The Balaban J connectivity index is 1.87. The highest BCUT2D eigenvalue weighted by molar-refractivity contribution is 5.54. The topological polar surface area (TPSA) is 18.5 Å². The third-order valence-electron chi connectivity index (χ3n) is 3.98. The summed E-state index contributed by atoms with van der Waals surface area (Å²) < 4.78 is 10.3. The molecule has 2 nitrogen and oxygen atoms in total. The van der Waals surface area contributed by atoms with Gasteiger partial charge in [-0.1, -0.05) is 29.6 Å². The Morgan fingerprint density at radius 3 is 1.25 bits per heavy atom. The van der Waals surface area contributed by atoms with Crippen molar-refractivity contribution >= 4 is 0 Å². The molecule has 28 heavy (non-hydrogen) atoms. The van der Waals surface area contributed by atoms with Gasteiger partial charge in [0.2, 0.25) is 0 Å². The maximum Gasteiger partial charge on any atom is 0.118 e. The SMILES string of the molecule is C#Cc1cc(C#Cc2ccc(OC)cc2)cc(C#Cc2ccc(OC)cc2)c1. The summed E-state index contributed by atoms with van der Waals surface area (Å²) in [5, 5.41) is 0. The minimum Gasteiger partial charge on any atom is -0.497 e. The highest BCUT2D eigenvalue weighted by Crippen LogP contribution is 2.13. The Kier molecular flexibility index (Phi) is 6.05. The zero-order valence-corrected chi connectivity index (χ0v) is 15.7. The number of hydrogen-bond donors (Lipinski definition) is 0. The van der Waals surface area contributed by atoms with Crippen LogP contribution in [0.5, 0.6) is 11.5 Å². The first-order chi connectivity index (χ1) is 13.7. The number of benzene rings is 3. The Labute approximate surface area is 166 Å². The number of methoxy groups -OCH3 is 2. The molecule has 0 amide bonds. The molecule has 0 fully saturated rings. The van der Waals surface area contributed by atoms with Crippen molar-refractivity contribution in [1.82, 2.24) is 0 Å². The molecular weight excluding hydrogens is 344 g/mol. The maximum atomic E-state index is 5.59. The summed E-state index contributed by atoms with van der Waals surface area (Å²) in [7, 11) is 3.28. The molecule has 0 N–H and O–H groups in total. The molecule has 134 valence electrons. The van der Waals surface area contributed by atoms with Gasteiger partial charge in [0.25, 0.3) is 0 Å². The van der Waals surface area contributed by atoms with E-state index in [-0.39, 0.29) is 0 Å². The van der Waals surface area contributed by atoms with Crippen LogP contribution in [-0.2, 0) is 0 Å². The van der Waals surface area contributed by atoms with Crippen LogP contribution in [0.3, 0.4) is 0 Å². The summed E-state index contributed by atoms with van der Waals surface area (Å²) in [6, 6.07) is 20.9. The minimum absolute atomic E-state index is 0.751. The lowest BCUT2D eigenvalue weighted by Crippen LogP contribution is -1.85. The van der Waals surface area contributed by atoms with Gasteiger partial charge in [0.05, 0.1) is 14.2 Å². The van der Waals surface area contributed by atoms with Crippen LogP contribution >= 0.6 is 0 Å². The van der Waals surface area contributed by atoms with Gasteiger partial charge < -0.3 is 9.47 Å². The zero-order valence-electron chi connectivity index (χ0n) is 15.7. The molecule has 0 atom stereocenters. The third-order valence-corrected chi connectivity index (χ3v) is 3.98. The fraction of sp³-hybridized carbons (Fsp3) is 0.0769. The molecule has 0 bridgehead atoms. The quantitative estimate of drug-likeness (QED) is 0.626. The Morgan fingerprint density at radius 2 is 0.893 bits per heavy atom. The summed E-state index contributed by atoms with van der Waals surface area (Å²) in [4.78, 5) is 0. The smallest absolute Gasteiger partial charge is 0.118 e. The number of ether oxygens (including phenoxy) is 2. The summed E-state index contributed by atoms with van der Waals surface area (Å²) in [6.45, 7) is 0. The lowest BCUT2D eigenvalue weighted by molar-refractivity contribution is 0.414. The van der Waals surface area contributed by atoms with Gasteiger partial charge in [-0.2, -0.15) is 0 Å². The van der Waals surface area contributed by atoms with E-state index in [1.54, 1.807) is 14.2 Å². The van der Waals surface area contributed by atoms with Crippen LogP contribution in [-0.4, -0.2) is 14.2 Å². The second-order valence-corrected chi connectivity index (χ2v) is 5.90. The van der Waals surface area contributed by atoms with Crippen molar-refractivity contribution in [2.75, 3.05) is 14.2 Å². The predicted octanol–water partition coefficient (Wildman–Crippen LogP) is 4.48. The predicted molar refractivity (Wildman–Crippen MR) is 112 cm³/mol. The van der Waals surface area contributed by atoms with Gasteiger partial charge in [-0.05, 0) is 66.7 Å². The summed E-state index contributed by atoms with van der Waals surface area (Å²) in [6.07, 6.45) is 5.59. The molecule has 0 aromatic heterocycles. The molecule has 0 spiro atoms. The van der Waals surface area contributed by atoms with Gasteiger partial charge in [0.1, 0.15) is 11.5 Å². The van der Waals surface area contributed by atoms with Crippen LogP contribution in [0.25, 0.3) is 0 Å². The van der Waals surface area contributed by atoms with E-state index in [0.29, 0.717) is 0 Å². The zero-order chi connectivity index (χ0) is 19.8. The van der Waals surface area contributed by atoms with Gasteiger partial charge in [-0.15, -0.1) is 6.42 Å². The first-order valence-corrected chi connectivity index (χ1v) is 8.64. The average Bonchev–Trinajstić information content (AvgIpc) is 2.76. The van der Waals surface area contributed by atoms with E-state index in [1.165, 1.54) is 0 Å². The molecule has 0 aliphatic carbocycles. The highest BCUT2D eigenvalue weighted by atomic mass is 16.5. The molecule has 0 saturated carbocycles. The van der Waals surface area contributed by atoms with E-state index in [0.717, 1.165) is 39.3 Å². The van der Waals surface area contributed by atoms with Crippen molar-refractivity contribution in [3.63, 3.8) is 0 Å². The molecule has 3 rings (SSSR count). The molecule has 0 aliphatic heterocycles. The third kappa shape index (κ3) is 4.98. The van der Waals surface area contributed by atoms with Crippen molar-refractivity contribution in [2.45, 2.75) is 0 Å². The van der Waals surface area contributed by atoms with E-state index in [1.807, 2.05) is 66.7 Å². The maximum absolute atomic E-state index is 5.59. The Bertz CT molecular complexity index is 1040. The fourth-order valence-corrected chi connectivity index (χ4v) is 2.49. The molecule has 3 aromatic rings. The van der Waals surface area contributed by atoms with Crippen LogP contribution in [0.15, 0.2) is 66.7 Å². The molecule has 0 saturated heterocycles. The summed E-state index contributed by atoms with van der Waals surface area (Å²) >= 11 is 0. The van der Waals surface area contributed by atoms with Gasteiger partial charge in [-0.3, -0.25) is 0 Å². The molecular formula is C26H18O2. The average molecular weight is 362 g/mol. The van der Waals surface area contributed by atoms with Crippen LogP contribution in [0.1, 0.15) is 27.8 Å². The van der Waals surface area contributed by atoms with Gasteiger partial charge >= 0.3 is 0 Å². The molecule has 2 heteroatoms. The fourth-order valence-electron chi connectivity index (χ4n) is 2.49. The van der Waals surface area contributed by atoms with E-state index in [2.05, 4.69) is 29.6 Å². The summed E-state index contributed by atoms with van der Waals surface area (Å²) in [5.74, 6) is 16.9. The van der Waals surface area contributed by atoms with E-state index in [4.69, 9.17) is 15.9 Å². The Morgan fingerprint density at radius 1 is 0.536 bits per heavy atom. The lowest BCUT2D eigenvalue weighted by atomic mass is 10.1. The molecule has 0 heterocycles. The van der Waals surface area contributed by atoms with E-state index in [9.17, 15) is 0 Å². The van der Waals surface area contributed by atoms with Crippen LogP contribution < -0.4 is 9.47 Å². The number of rotatable bonds is 2. The van der Waals surface area contributed by atoms with E-state index < -0.39 is 0 Å². The van der Waals surface area contributed by atoms with Crippen molar-refractivity contribution in [3.05, 3.63) is 94.5 Å². The van der Waals surface area contributed by atoms with Crippen LogP contribution in [0.2, 0.25) is 0 Å². The molecule has 0 unspecified atom stereocenters. The standard InChI is InChI=1S/C26H18O2/c1-4-20-17-23(7-5-21-9-13-25(27-2)14-10-21)19-24(18-20)8-6-22-11-15-26(28-3)16-12-22/h1,9-19H,2-3H3. The first-order valence-electron chi connectivity index (χ1n) is 8.64. The monoisotopic (exact) mass is 362 g/mol. The van der Waals surface area contributed by atoms with E-state index >= 15 is 0 Å². The van der Waals surface area contributed by atoms with Crippen molar-refractivity contribution < 1.29 is 9.47 Å². The first kappa shape index (κ1) is 18.7. The normalized spacial score (nSPS) is 9.18. The van der Waals surface area contributed by atoms with Crippen molar-refractivity contribution in [2.24, 2.45) is 0 Å².